The maximum absolute atomic E-state index is 12.7. The van der Waals surface area contributed by atoms with E-state index >= 15 is 0 Å². The molecule has 1 radical (unpaired) electrons. The van der Waals surface area contributed by atoms with Crippen molar-refractivity contribution in [3.05, 3.63) is 162 Å². The third-order valence-corrected chi connectivity index (χ3v) is 12.7. The number of benzene rings is 5. The van der Waals surface area contributed by atoms with E-state index in [0.29, 0.717) is 28.2 Å². The van der Waals surface area contributed by atoms with E-state index in [1.807, 2.05) is 24.3 Å². The number of aryl methyl sites for hydroxylation is 2. The largest absolute Gasteiger partial charge is 0.486 e. The molecular formula is C52H49FIrN4OSi-2. The van der Waals surface area contributed by atoms with Gasteiger partial charge in [0.25, 0.3) is 0 Å². The predicted molar refractivity (Wildman–Crippen MR) is 245 cm³/mol. The van der Waals surface area contributed by atoms with E-state index in [1.54, 1.807) is 24.3 Å². The molecule has 9 aromatic rings. The molecule has 0 saturated carbocycles. The number of nitrogens with zero attached hydrogens (tertiary/aromatic N) is 4. The summed E-state index contributed by atoms with van der Waals surface area (Å²) in [6.07, 6.45) is 1.31. The van der Waals surface area contributed by atoms with Gasteiger partial charge >= 0.3 is 0 Å². The molecule has 0 bridgehead atoms. The quantitative estimate of drug-likeness (QED) is 0.118. The normalized spacial score (nSPS) is 13.6. The first-order valence-electron chi connectivity index (χ1n) is 22.8. The zero-order valence-corrected chi connectivity index (χ0v) is 38.0. The van der Waals surface area contributed by atoms with Crippen molar-refractivity contribution in [1.82, 2.24) is 19.5 Å². The van der Waals surface area contributed by atoms with E-state index in [9.17, 15) is 4.39 Å². The van der Waals surface area contributed by atoms with Crippen LogP contribution in [0.1, 0.15) is 70.1 Å². The van der Waals surface area contributed by atoms with Crippen molar-refractivity contribution in [3.63, 3.8) is 0 Å². The van der Waals surface area contributed by atoms with E-state index in [4.69, 9.17) is 17.6 Å². The van der Waals surface area contributed by atoms with Gasteiger partial charge in [-0.3, -0.25) is 9.37 Å². The Bertz CT molecular complexity index is 3140. The van der Waals surface area contributed by atoms with E-state index < -0.39 is 21.8 Å². The SMILES string of the molecule is [2H]C([2H])([2H])c1ccc(-c2[c-]cc(F)cc2)nc1.[2H]C([2H])([2H])c1ccc2c(n1)oc1c(-c3nc4ccccc4n3-c3c(C(C)C)cc(-c4ccc([Si](C)(C)C)cc4)cc3C(C)C)[c-]ccc12.[Ir]. The second-order valence-electron chi connectivity index (χ2n) is 16.5. The Balaban J connectivity index is 0.000000303. The van der Waals surface area contributed by atoms with Crippen LogP contribution >= 0.6 is 0 Å². The van der Waals surface area contributed by atoms with Crippen LogP contribution in [0.25, 0.3) is 72.6 Å². The fourth-order valence-electron chi connectivity index (χ4n) is 7.47. The smallest absolute Gasteiger partial charge is 0.216 e. The van der Waals surface area contributed by atoms with Crippen molar-refractivity contribution in [1.29, 1.82) is 0 Å². The molecule has 0 aliphatic carbocycles. The van der Waals surface area contributed by atoms with Gasteiger partial charge in [0.1, 0.15) is 0 Å². The Morgan fingerprint density at radius 2 is 1.52 bits per heavy atom. The molecule has 0 aliphatic rings. The average Bonchev–Trinajstić information content (AvgIpc) is 3.84. The zero-order chi connectivity index (χ0) is 46.6. The molecule has 0 saturated heterocycles. The minimum atomic E-state index is -2.33. The summed E-state index contributed by atoms with van der Waals surface area (Å²) in [5.74, 6) is 0.795. The van der Waals surface area contributed by atoms with Gasteiger partial charge in [-0.25, -0.2) is 4.98 Å². The number of hydrogen-bond donors (Lipinski definition) is 0. The maximum atomic E-state index is 12.7. The average molecular weight is 991 g/mol. The van der Waals surface area contributed by atoms with Crippen LogP contribution in [0, 0.1) is 31.7 Å². The molecule has 0 amide bonds. The summed E-state index contributed by atoms with van der Waals surface area (Å²) in [5, 5.41) is 3.05. The van der Waals surface area contributed by atoms with Gasteiger partial charge in [-0.2, -0.15) is 0 Å². The molecule has 305 valence electrons. The van der Waals surface area contributed by atoms with Crippen molar-refractivity contribution in [3.8, 4) is 39.5 Å². The van der Waals surface area contributed by atoms with Crippen LogP contribution in [0.3, 0.4) is 0 Å². The first kappa shape index (κ1) is 35.2. The molecular weight excluding hydrogens is 936 g/mol. The molecule has 0 spiro atoms. The van der Waals surface area contributed by atoms with Gasteiger partial charge in [-0.05, 0) is 95.4 Å². The predicted octanol–water partition coefficient (Wildman–Crippen LogP) is 13.5. The van der Waals surface area contributed by atoms with Crippen molar-refractivity contribution >= 4 is 46.4 Å². The molecule has 9 rings (SSSR count). The first-order valence-corrected chi connectivity index (χ1v) is 23.3. The maximum Gasteiger partial charge on any atom is 0.216 e. The molecule has 5 nitrogen and oxygen atoms in total. The second kappa shape index (κ2) is 17.2. The number of imidazole rings is 1. The topological polar surface area (TPSA) is 56.7 Å². The zero-order valence-electron chi connectivity index (χ0n) is 40.6. The third kappa shape index (κ3) is 8.42. The number of halogens is 1. The molecule has 60 heavy (non-hydrogen) atoms. The van der Waals surface area contributed by atoms with Gasteiger partial charge < -0.3 is 14.0 Å². The Morgan fingerprint density at radius 1 is 0.767 bits per heavy atom. The monoisotopic (exact) mass is 991 g/mol. The minimum absolute atomic E-state index is 0. The molecule has 0 N–H and O–H groups in total. The number of para-hydroxylation sites is 2. The molecule has 0 unspecified atom stereocenters. The van der Waals surface area contributed by atoms with Crippen LogP contribution in [0.2, 0.25) is 19.6 Å². The fourth-order valence-corrected chi connectivity index (χ4v) is 8.64. The van der Waals surface area contributed by atoms with Gasteiger partial charge in [0, 0.05) is 57.1 Å². The van der Waals surface area contributed by atoms with E-state index in [-0.39, 0.29) is 54.7 Å². The molecule has 5 aromatic carbocycles. The summed E-state index contributed by atoms with van der Waals surface area (Å²) in [4.78, 5) is 13.7. The van der Waals surface area contributed by atoms with Crippen LogP contribution in [-0.4, -0.2) is 27.6 Å². The number of hydrogen-bond acceptors (Lipinski definition) is 4. The Kier molecular flexibility index (Phi) is 10.1. The summed E-state index contributed by atoms with van der Waals surface area (Å²) in [6, 6.07) is 42.6. The van der Waals surface area contributed by atoms with Crippen LogP contribution < -0.4 is 5.19 Å². The number of aromatic nitrogens is 4. The Hall–Kier alpha value is -5.53. The number of furan rings is 1. The summed E-state index contributed by atoms with van der Waals surface area (Å²) >= 11 is 0. The second-order valence-corrected chi connectivity index (χ2v) is 21.6. The van der Waals surface area contributed by atoms with Crippen LogP contribution in [0.5, 0.6) is 0 Å². The molecule has 8 heteroatoms. The fraction of sp³-hybridized carbons (Fsp3) is 0.212. The van der Waals surface area contributed by atoms with Gasteiger partial charge in [0.15, 0.2) is 0 Å². The molecule has 0 atom stereocenters. The summed E-state index contributed by atoms with van der Waals surface area (Å²) in [7, 11) is -1.42. The van der Waals surface area contributed by atoms with E-state index in [0.717, 1.165) is 27.5 Å². The van der Waals surface area contributed by atoms with Gasteiger partial charge in [0.05, 0.1) is 30.5 Å². The Morgan fingerprint density at radius 3 is 2.15 bits per heavy atom. The van der Waals surface area contributed by atoms with E-state index in [1.165, 1.54) is 51.8 Å². The van der Waals surface area contributed by atoms with Crippen LogP contribution in [0.15, 0.2) is 126 Å². The molecule has 4 aromatic heterocycles. The number of pyridine rings is 2. The molecule has 0 fully saturated rings. The summed E-state index contributed by atoms with van der Waals surface area (Å²) in [5.41, 5.74) is 10.8. The van der Waals surface area contributed by atoms with Crippen molar-refractivity contribution < 1.29 is 37.1 Å². The van der Waals surface area contributed by atoms with E-state index in [2.05, 4.69) is 123 Å². The van der Waals surface area contributed by atoms with Crippen molar-refractivity contribution in [2.75, 3.05) is 0 Å². The van der Waals surface area contributed by atoms with Gasteiger partial charge in [0.2, 0.25) is 5.71 Å². The number of rotatable bonds is 7. The Labute approximate surface area is 375 Å². The summed E-state index contributed by atoms with van der Waals surface area (Å²) < 4.78 is 66.6. The standard InChI is InChI=1S/C40H40N3OSi.C12H9FN.Ir/c1-24(2)33-22-28(27-17-19-29(20-18-27)45(6,7)8)23-34(25(3)4)37(33)43-36-15-10-9-14-35(36)42-39(43)32-13-11-12-30-31-21-16-26(5)41-40(31)44-38(30)32;1-9-2-7-12(14-8-9)10-3-5-11(13)6-4-10;/h9-12,14-25H,1-8H3;2-3,5-8H,1H3;/q2*-1;/i5D3;1D3;. The van der Waals surface area contributed by atoms with Crippen LogP contribution in [-0.2, 0) is 20.1 Å². The van der Waals surface area contributed by atoms with Crippen molar-refractivity contribution in [2.24, 2.45) is 0 Å². The van der Waals surface area contributed by atoms with Crippen molar-refractivity contribution in [2.45, 2.75) is 72.9 Å². The summed E-state index contributed by atoms with van der Waals surface area (Å²) in [6.45, 7) is 11.7. The minimum Gasteiger partial charge on any atom is -0.486 e. The third-order valence-electron chi connectivity index (χ3n) is 10.6. The molecule has 4 heterocycles. The number of fused-ring (bicyclic) bond motifs is 4. The van der Waals surface area contributed by atoms with Gasteiger partial charge in [-0.15, -0.1) is 48.0 Å². The van der Waals surface area contributed by atoms with Crippen LogP contribution in [0.4, 0.5) is 4.39 Å². The molecule has 0 aliphatic heterocycles. The van der Waals surface area contributed by atoms with Gasteiger partial charge in [-0.1, -0.05) is 112 Å². The first-order chi connectivity index (χ1) is 30.7.